The van der Waals surface area contributed by atoms with Crippen LogP contribution in [0.5, 0.6) is 11.5 Å². The number of ether oxygens (including phenoxy) is 1. The Kier molecular flexibility index (Phi) is 3.97. The van der Waals surface area contributed by atoms with Crippen LogP contribution in [-0.4, -0.2) is 22.8 Å². The lowest BCUT2D eigenvalue weighted by molar-refractivity contribution is 0.0696. The molecule has 15 heavy (non-hydrogen) atoms. The number of rotatable bonds is 5. The minimum Gasteiger partial charge on any atom is -0.504 e. The van der Waals surface area contributed by atoms with Gasteiger partial charge >= 0.3 is 5.97 Å². The van der Waals surface area contributed by atoms with E-state index in [0.29, 0.717) is 12.4 Å². The number of carboxylic acids is 1. The van der Waals surface area contributed by atoms with Crippen LogP contribution in [0.15, 0.2) is 18.2 Å². The molecule has 0 atom stereocenters. The second-order valence-electron chi connectivity index (χ2n) is 3.19. The Bertz CT molecular complexity index is 346. The highest BCUT2D eigenvalue weighted by Gasteiger charge is 2.07. The van der Waals surface area contributed by atoms with Gasteiger partial charge in [0, 0.05) is 0 Å². The molecule has 0 aliphatic rings. The molecule has 1 rings (SSSR count). The molecule has 0 fully saturated rings. The first-order valence-electron chi connectivity index (χ1n) is 4.84. The molecule has 0 aromatic heterocycles. The third kappa shape index (κ3) is 3.16. The number of aromatic hydroxyl groups is 1. The highest BCUT2D eigenvalue weighted by Crippen LogP contribution is 2.26. The maximum absolute atomic E-state index is 10.6. The van der Waals surface area contributed by atoms with Crippen LogP contribution in [0.25, 0.3) is 0 Å². The maximum Gasteiger partial charge on any atom is 0.335 e. The molecule has 0 spiro atoms. The number of phenols is 1. The van der Waals surface area contributed by atoms with Gasteiger partial charge in [0.15, 0.2) is 11.5 Å². The zero-order chi connectivity index (χ0) is 11.3. The van der Waals surface area contributed by atoms with Crippen LogP contribution in [0.1, 0.15) is 30.1 Å². The number of hydrogen-bond acceptors (Lipinski definition) is 3. The molecule has 0 aliphatic heterocycles. The highest BCUT2D eigenvalue weighted by atomic mass is 16.5. The maximum atomic E-state index is 10.6. The van der Waals surface area contributed by atoms with E-state index in [0.717, 1.165) is 12.8 Å². The van der Waals surface area contributed by atoms with Gasteiger partial charge in [-0.1, -0.05) is 13.3 Å². The van der Waals surface area contributed by atoms with Crippen molar-refractivity contribution in [2.45, 2.75) is 19.8 Å². The number of hydrogen-bond donors (Lipinski definition) is 2. The minimum atomic E-state index is -1.06. The molecular weight excluding hydrogens is 196 g/mol. The minimum absolute atomic E-state index is 0.0512. The highest BCUT2D eigenvalue weighted by molar-refractivity contribution is 5.88. The van der Waals surface area contributed by atoms with Crippen LogP contribution in [0.2, 0.25) is 0 Å². The summed E-state index contributed by atoms with van der Waals surface area (Å²) in [4.78, 5) is 10.6. The van der Waals surface area contributed by atoms with E-state index in [9.17, 15) is 9.90 Å². The fraction of sp³-hybridized carbons (Fsp3) is 0.364. The first kappa shape index (κ1) is 11.4. The van der Waals surface area contributed by atoms with Gasteiger partial charge in [-0.3, -0.25) is 0 Å². The normalized spacial score (nSPS) is 9.93. The molecule has 0 bridgehead atoms. The van der Waals surface area contributed by atoms with E-state index in [4.69, 9.17) is 9.84 Å². The monoisotopic (exact) mass is 210 g/mol. The first-order chi connectivity index (χ1) is 7.15. The molecule has 1 aromatic carbocycles. The van der Waals surface area contributed by atoms with Crippen LogP contribution in [0.4, 0.5) is 0 Å². The summed E-state index contributed by atoms with van der Waals surface area (Å²) < 4.78 is 5.27. The van der Waals surface area contributed by atoms with Crippen molar-refractivity contribution in [2.75, 3.05) is 6.61 Å². The Morgan fingerprint density at radius 1 is 1.47 bits per heavy atom. The fourth-order valence-electron chi connectivity index (χ4n) is 1.10. The molecule has 2 N–H and O–H groups in total. The SMILES string of the molecule is CCCCOc1ccc(C(=O)O)cc1O. The van der Waals surface area contributed by atoms with Gasteiger partial charge in [-0.2, -0.15) is 0 Å². The quantitative estimate of drug-likeness (QED) is 0.731. The van der Waals surface area contributed by atoms with E-state index in [1.807, 2.05) is 6.92 Å². The molecule has 4 nitrogen and oxygen atoms in total. The predicted octanol–water partition coefficient (Wildman–Crippen LogP) is 2.27. The van der Waals surface area contributed by atoms with E-state index < -0.39 is 5.97 Å². The van der Waals surface area contributed by atoms with E-state index >= 15 is 0 Å². The zero-order valence-electron chi connectivity index (χ0n) is 8.56. The lowest BCUT2D eigenvalue weighted by Crippen LogP contribution is -1.99. The molecule has 1 aromatic rings. The fourth-order valence-corrected chi connectivity index (χ4v) is 1.10. The average Bonchev–Trinajstić information content (AvgIpc) is 2.20. The van der Waals surface area contributed by atoms with Crippen molar-refractivity contribution >= 4 is 5.97 Å². The van der Waals surface area contributed by atoms with Crippen LogP contribution >= 0.6 is 0 Å². The molecular formula is C11H14O4. The molecule has 0 unspecified atom stereocenters. The summed E-state index contributed by atoms with van der Waals surface area (Å²) in [6.07, 6.45) is 1.91. The van der Waals surface area contributed by atoms with Crippen molar-refractivity contribution in [2.24, 2.45) is 0 Å². The van der Waals surface area contributed by atoms with Gasteiger partial charge in [-0.15, -0.1) is 0 Å². The Balaban J connectivity index is 2.70. The van der Waals surface area contributed by atoms with Crippen LogP contribution in [0.3, 0.4) is 0 Å². The number of aromatic carboxylic acids is 1. The van der Waals surface area contributed by atoms with Gasteiger partial charge < -0.3 is 14.9 Å². The lowest BCUT2D eigenvalue weighted by Gasteiger charge is -2.07. The van der Waals surface area contributed by atoms with Crippen LogP contribution in [0, 0.1) is 0 Å². The number of phenolic OH excluding ortho intramolecular Hbond substituents is 1. The van der Waals surface area contributed by atoms with Crippen molar-refractivity contribution in [1.82, 2.24) is 0 Å². The summed E-state index contributed by atoms with van der Waals surface area (Å²) in [5.41, 5.74) is 0.0512. The second kappa shape index (κ2) is 5.24. The summed E-state index contributed by atoms with van der Waals surface area (Å²) in [6.45, 7) is 2.56. The van der Waals surface area contributed by atoms with Crippen LogP contribution < -0.4 is 4.74 Å². The predicted molar refractivity (Wildman–Crippen MR) is 55.5 cm³/mol. The summed E-state index contributed by atoms with van der Waals surface area (Å²) in [7, 11) is 0. The summed E-state index contributed by atoms with van der Waals surface area (Å²) in [5, 5.41) is 18.1. The Morgan fingerprint density at radius 2 is 2.20 bits per heavy atom. The number of unbranched alkanes of at least 4 members (excludes halogenated alkanes) is 1. The van der Waals surface area contributed by atoms with Gasteiger partial charge in [0.1, 0.15) is 0 Å². The molecule has 0 heterocycles. The zero-order valence-corrected chi connectivity index (χ0v) is 8.56. The van der Waals surface area contributed by atoms with Crippen molar-refractivity contribution in [3.63, 3.8) is 0 Å². The van der Waals surface area contributed by atoms with Gasteiger partial charge in [0.25, 0.3) is 0 Å². The summed E-state index contributed by atoms with van der Waals surface area (Å²) >= 11 is 0. The van der Waals surface area contributed by atoms with E-state index in [1.165, 1.54) is 18.2 Å². The standard InChI is InChI=1S/C11H14O4/c1-2-3-6-15-10-5-4-8(11(13)14)7-9(10)12/h4-5,7,12H,2-3,6H2,1H3,(H,13,14). The third-order valence-electron chi connectivity index (χ3n) is 1.96. The summed E-state index contributed by atoms with van der Waals surface area (Å²) in [6, 6.07) is 4.06. The van der Waals surface area contributed by atoms with Crippen molar-refractivity contribution in [3.05, 3.63) is 23.8 Å². The number of carbonyl (C=O) groups is 1. The first-order valence-corrected chi connectivity index (χ1v) is 4.84. The van der Waals surface area contributed by atoms with E-state index in [-0.39, 0.29) is 11.3 Å². The molecule has 0 amide bonds. The van der Waals surface area contributed by atoms with Gasteiger partial charge in [-0.05, 0) is 24.6 Å². The summed E-state index contributed by atoms with van der Waals surface area (Å²) in [5.74, 6) is -0.870. The van der Waals surface area contributed by atoms with Crippen LogP contribution in [-0.2, 0) is 0 Å². The third-order valence-corrected chi connectivity index (χ3v) is 1.96. The van der Waals surface area contributed by atoms with Crippen molar-refractivity contribution < 1.29 is 19.7 Å². The molecule has 0 radical (unpaired) electrons. The topological polar surface area (TPSA) is 66.8 Å². The average molecular weight is 210 g/mol. The van der Waals surface area contributed by atoms with Crippen molar-refractivity contribution in [1.29, 1.82) is 0 Å². The van der Waals surface area contributed by atoms with Gasteiger partial charge in [0.05, 0.1) is 12.2 Å². The lowest BCUT2D eigenvalue weighted by atomic mass is 10.2. The van der Waals surface area contributed by atoms with E-state index in [1.54, 1.807) is 0 Å². The Labute approximate surface area is 88.1 Å². The molecule has 4 heteroatoms. The van der Waals surface area contributed by atoms with Gasteiger partial charge in [-0.25, -0.2) is 4.79 Å². The second-order valence-corrected chi connectivity index (χ2v) is 3.19. The molecule has 82 valence electrons. The Hall–Kier alpha value is -1.71. The molecule has 0 aliphatic carbocycles. The largest absolute Gasteiger partial charge is 0.504 e. The molecule has 0 saturated carbocycles. The number of carboxylic acid groups (broad SMARTS) is 1. The van der Waals surface area contributed by atoms with Crippen molar-refractivity contribution in [3.8, 4) is 11.5 Å². The number of benzene rings is 1. The Morgan fingerprint density at radius 3 is 2.73 bits per heavy atom. The van der Waals surface area contributed by atoms with Gasteiger partial charge in [0.2, 0.25) is 0 Å². The van der Waals surface area contributed by atoms with E-state index in [2.05, 4.69) is 0 Å². The molecule has 0 saturated heterocycles. The smallest absolute Gasteiger partial charge is 0.335 e.